The summed E-state index contributed by atoms with van der Waals surface area (Å²) in [6.07, 6.45) is 0. The van der Waals surface area contributed by atoms with Crippen LogP contribution >= 0.6 is 0 Å². The summed E-state index contributed by atoms with van der Waals surface area (Å²) in [5.74, 6) is 0. The zero-order valence-electron chi connectivity index (χ0n) is 7.07. The van der Waals surface area contributed by atoms with Crippen molar-refractivity contribution in [2.75, 3.05) is 13.6 Å². The summed E-state index contributed by atoms with van der Waals surface area (Å²) in [4.78, 5) is 9.31. The number of nitrogens with zero attached hydrogens (tertiary/aromatic N) is 1. The lowest BCUT2D eigenvalue weighted by Gasteiger charge is -2.30. The molecule has 0 rings (SSSR count). The van der Waals surface area contributed by atoms with Crippen LogP contribution in [0.15, 0.2) is 0 Å². The van der Waals surface area contributed by atoms with Crippen molar-refractivity contribution in [3.8, 4) is 0 Å². The topological polar surface area (TPSA) is 62.2 Å². The molecule has 68 valence electrons. The van der Waals surface area contributed by atoms with Crippen molar-refractivity contribution >= 4 is 0 Å². The van der Waals surface area contributed by atoms with E-state index in [-0.39, 0.29) is 0 Å². The fourth-order valence-corrected chi connectivity index (χ4v) is 0.529. The van der Waals surface area contributed by atoms with E-state index in [2.05, 4.69) is 9.68 Å². The fourth-order valence-electron chi connectivity index (χ4n) is 0.529. The molecule has 0 radical (unpaired) electrons. The molecular formula is C6H15NO4. The molecule has 0 bridgehead atoms. The van der Waals surface area contributed by atoms with Crippen molar-refractivity contribution in [1.29, 1.82) is 0 Å². The third-order valence-corrected chi connectivity index (χ3v) is 0.898. The van der Waals surface area contributed by atoms with Crippen molar-refractivity contribution in [3.63, 3.8) is 0 Å². The van der Waals surface area contributed by atoms with Gasteiger partial charge < -0.3 is 10.2 Å². The van der Waals surface area contributed by atoms with Gasteiger partial charge in [0.05, 0.1) is 5.54 Å². The highest BCUT2D eigenvalue weighted by molar-refractivity contribution is 4.63. The Bertz CT molecular complexity index is 95.2. The number of hydroxylamine groups is 2. The zero-order valence-corrected chi connectivity index (χ0v) is 7.07. The molecule has 0 amide bonds. The maximum Gasteiger partial charge on any atom is 0.166 e. The average molecular weight is 165 g/mol. The molecule has 2 N–H and O–H groups in total. The monoisotopic (exact) mass is 165 g/mol. The minimum Gasteiger partial charge on any atom is -0.369 e. The van der Waals surface area contributed by atoms with Gasteiger partial charge in [0.2, 0.25) is 0 Å². The molecule has 0 aromatic heterocycles. The molecule has 0 aliphatic heterocycles. The van der Waals surface area contributed by atoms with E-state index in [0.29, 0.717) is 0 Å². The van der Waals surface area contributed by atoms with Crippen molar-refractivity contribution in [2.24, 2.45) is 0 Å². The van der Waals surface area contributed by atoms with Crippen molar-refractivity contribution in [3.05, 3.63) is 0 Å². The van der Waals surface area contributed by atoms with Crippen LogP contribution in [-0.2, 0) is 9.68 Å². The Labute approximate surface area is 66.0 Å². The lowest BCUT2D eigenvalue weighted by molar-refractivity contribution is -0.436. The summed E-state index contributed by atoms with van der Waals surface area (Å²) in [5.41, 5.74) is -0.411. The van der Waals surface area contributed by atoms with Crippen LogP contribution < -0.4 is 0 Å². The average Bonchev–Trinajstić information content (AvgIpc) is 1.85. The molecule has 0 unspecified atom stereocenters. The maximum absolute atomic E-state index is 8.40. The van der Waals surface area contributed by atoms with E-state index in [4.69, 9.17) is 10.2 Å². The minimum atomic E-state index is -0.475. The second kappa shape index (κ2) is 4.63. The Morgan fingerprint density at radius 3 is 1.64 bits per heavy atom. The third kappa shape index (κ3) is 4.28. The first-order chi connectivity index (χ1) is 5.02. The first kappa shape index (κ1) is 10.8. The predicted octanol–water partition coefficient (Wildman–Crippen LogP) is -0.150. The van der Waals surface area contributed by atoms with Gasteiger partial charge in [-0.25, -0.2) is 9.68 Å². The van der Waals surface area contributed by atoms with Gasteiger partial charge in [0, 0.05) is 0 Å². The molecule has 0 aliphatic rings. The summed E-state index contributed by atoms with van der Waals surface area (Å²) >= 11 is 0. The fraction of sp³-hybridized carbons (Fsp3) is 1.00. The molecule has 0 spiro atoms. The second-order valence-electron chi connectivity index (χ2n) is 2.94. The lowest BCUT2D eigenvalue weighted by atomic mass is 10.1. The number of aliphatic hydroxyl groups excluding tert-OH is 2. The Morgan fingerprint density at radius 1 is 1.09 bits per heavy atom. The smallest absolute Gasteiger partial charge is 0.166 e. The van der Waals surface area contributed by atoms with Crippen LogP contribution in [0.3, 0.4) is 0 Å². The molecule has 11 heavy (non-hydrogen) atoms. The number of aliphatic hydroxyl groups is 2. The second-order valence-corrected chi connectivity index (χ2v) is 2.94. The summed E-state index contributed by atoms with van der Waals surface area (Å²) < 4.78 is 0. The zero-order chi connectivity index (χ0) is 8.91. The van der Waals surface area contributed by atoms with Crippen LogP contribution in [0.2, 0.25) is 0 Å². The molecular weight excluding hydrogens is 150 g/mol. The highest BCUT2D eigenvalue weighted by Crippen LogP contribution is 2.13. The van der Waals surface area contributed by atoms with Crippen LogP contribution in [0, 0.1) is 0 Å². The van der Waals surface area contributed by atoms with Crippen LogP contribution in [0.4, 0.5) is 0 Å². The van der Waals surface area contributed by atoms with E-state index in [1.807, 2.05) is 20.8 Å². The van der Waals surface area contributed by atoms with E-state index in [1.54, 1.807) is 0 Å². The van der Waals surface area contributed by atoms with Crippen LogP contribution in [0.5, 0.6) is 0 Å². The highest BCUT2D eigenvalue weighted by Gasteiger charge is 2.23. The van der Waals surface area contributed by atoms with E-state index < -0.39 is 19.1 Å². The Hall–Kier alpha value is -0.200. The standard InChI is InChI=1S/C6H15NO4/c1-6(2,3)7(10-4-8)11-5-9/h8-9H,4-5H2,1-3H3. The molecule has 0 saturated heterocycles. The summed E-state index contributed by atoms with van der Waals surface area (Å²) in [6.45, 7) is 4.50. The first-order valence-corrected chi connectivity index (χ1v) is 3.30. The molecule has 0 heterocycles. The molecule has 5 heteroatoms. The van der Waals surface area contributed by atoms with Gasteiger partial charge in [-0.2, -0.15) is 0 Å². The van der Waals surface area contributed by atoms with E-state index in [9.17, 15) is 0 Å². The lowest BCUT2D eigenvalue weighted by Crippen LogP contribution is -2.41. The van der Waals surface area contributed by atoms with Crippen molar-refractivity contribution in [1.82, 2.24) is 5.23 Å². The summed E-state index contributed by atoms with van der Waals surface area (Å²) in [7, 11) is 0. The highest BCUT2D eigenvalue weighted by atomic mass is 17.0. The van der Waals surface area contributed by atoms with Crippen molar-refractivity contribution in [2.45, 2.75) is 26.3 Å². The van der Waals surface area contributed by atoms with Gasteiger partial charge in [-0.3, -0.25) is 0 Å². The van der Waals surface area contributed by atoms with Gasteiger partial charge in [0.15, 0.2) is 13.6 Å². The quantitative estimate of drug-likeness (QED) is 0.448. The minimum absolute atomic E-state index is 0.411. The van der Waals surface area contributed by atoms with Crippen LogP contribution in [-0.4, -0.2) is 34.6 Å². The van der Waals surface area contributed by atoms with Gasteiger partial charge in [-0.05, 0) is 20.8 Å². The first-order valence-electron chi connectivity index (χ1n) is 3.30. The van der Waals surface area contributed by atoms with Gasteiger partial charge in [-0.1, -0.05) is 5.23 Å². The molecule has 0 aliphatic carbocycles. The Morgan fingerprint density at radius 2 is 1.45 bits per heavy atom. The van der Waals surface area contributed by atoms with Crippen molar-refractivity contribution < 1.29 is 19.9 Å². The van der Waals surface area contributed by atoms with E-state index >= 15 is 0 Å². The number of rotatable bonds is 4. The van der Waals surface area contributed by atoms with E-state index in [0.717, 1.165) is 5.23 Å². The van der Waals surface area contributed by atoms with Gasteiger partial charge in [-0.15, -0.1) is 0 Å². The Kier molecular flexibility index (Phi) is 4.55. The van der Waals surface area contributed by atoms with E-state index in [1.165, 1.54) is 0 Å². The maximum atomic E-state index is 8.40. The molecule has 0 atom stereocenters. The van der Waals surface area contributed by atoms with Gasteiger partial charge in [0.25, 0.3) is 0 Å². The van der Waals surface area contributed by atoms with Gasteiger partial charge >= 0.3 is 0 Å². The summed E-state index contributed by atoms with van der Waals surface area (Å²) in [5, 5.41) is 17.9. The largest absolute Gasteiger partial charge is 0.369 e. The SMILES string of the molecule is CC(C)(C)N(OCO)OCO. The van der Waals surface area contributed by atoms with Crippen LogP contribution in [0.1, 0.15) is 20.8 Å². The van der Waals surface area contributed by atoms with Crippen LogP contribution in [0.25, 0.3) is 0 Å². The summed E-state index contributed by atoms with van der Waals surface area (Å²) in [6, 6.07) is 0. The number of hydrogen-bond donors (Lipinski definition) is 2. The molecule has 0 fully saturated rings. The number of hydrogen-bond acceptors (Lipinski definition) is 5. The predicted molar refractivity (Wildman–Crippen MR) is 37.9 cm³/mol. The normalized spacial score (nSPS) is 12.5. The Balaban J connectivity index is 3.88. The van der Waals surface area contributed by atoms with Gasteiger partial charge in [0.1, 0.15) is 0 Å². The molecule has 0 aromatic carbocycles. The molecule has 0 saturated carbocycles. The molecule has 5 nitrogen and oxygen atoms in total. The third-order valence-electron chi connectivity index (χ3n) is 0.898. The molecule has 0 aromatic rings.